The van der Waals surface area contributed by atoms with Crippen LogP contribution in [-0.2, 0) is 4.79 Å². The highest BCUT2D eigenvalue weighted by atomic mass is 32.2. The molecule has 0 spiro atoms. The van der Waals surface area contributed by atoms with Crippen molar-refractivity contribution in [1.29, 1.82) is 0 Å². The molecule has 9 heteroatoms. The van der Waals surface area contributed by atoms with Crippen molar-refractivity contribution in [2.45, 2.75) is 50.2 Å². The second-order valence-corrected chi connectivity index (χ2v) is 7.84. The number of amides is 3. The third-order valence-electron chi connectivity index (χ3n) is 4.88. The fraction of sp³-hybridized carbons (Fsp3) is 0.500. The molecule has 2 N–H and O–H groups in total. The van der Waals surface area contributed by atoms with E-state index in [-0.39, 0.29) is 11.7 Å². The van der Waals surface area contributed by atoms with Gasteiger partial charge in [0, 0.05) is 18.2 Å². The zero-order valence-corrected chi connectivity index (χ0v) is 17.6. The highest BCUT2D eigenvalue weighted by Crippen LogP contribution is 2.35. The number of ether oxygens (including phenoxy) is 1. The summed E-state index contributed by atoms with van der Waals surface area (Å²) in [6.45, 7) is 2.26. The summed E-state index contributed by atoms with van der Waals surface area (Å²) in [6, 6.07) is 7.58. The number of methoxy groups -OCH3 is 1. The van der Waals surface area contributed by atoms with E-state index in [2.05, 4.69) is 25.4 Å². The van der Waals surface area contributed by atoms with Crippen molar-refractivity contribution in [1.82, 2.24) is 25.4 Å². The summed E-state index contributed by atoms with van der Waals surface area (Å²) in [5, 5.41) is 14.4. The average Bonchev–Trinajstić information content (AvgIpc) is 3.17. The summed E-state index contributed by atoms with van der Waals surface area (Å²) < 4.78 is 7.40. The summed E-state index contributed by atoms with van der Waals surface area (Å²) in [4.78, 5) is 23.6. The molecule has 1 saturated carbocycles. The third-order valence-corrected chi connectivity index (χ3v) is 5.82. The van der Waals surface area contributed by atoms with Crippen LogP contribution in [0.2, 0.25) is 0 Å². The lowest BCUT2D eigenvalue weighted by Crippen LogP contribution is -2.40. The maximum absolute atomic E-state index is 12.1. The van der Waals surface area contributed by atoms with Crippen LogP contribution in [0.15, 0.2) is 29.4 Å². The number of carbonyl (C=O) groups is 2. The van der Waals surface area contributed by atoms with Gasteiger partial charge in [-0.25, -0.2) is 4.79 Å². The Hall–Kier alpha value is -2.55. The molecule has 3 amide bonds. The Kier molecular flexibility index (Phi) is 7.51. The summed E-state index contributed by atoms with van der Waals surface area (Å²) in [7, 11) is 1.64. The van der Waals surface area contributed by atoms with Crippen LogP contribution in [0.3, 0.4) is 0 Å². The third kappa shape index (κ3) is 5.50. The molecule has 0 radical (unpaired) electrons. The van der Waals surface area contributed by atoms with E-state index in [0.29, 0.717) is 17.7 Å². The molecule has 1 aliphatic carbocycles. The molecule has 0 saturated heterocycles. The highest BCUT2D eigenvalue weighted by Gasteiger charge is 2.24. The van der Waals surface area contributed by atoms with Crippen molar-refractivity contribution in [2.75, 3.05) is 19.4 Å². The van der Waals surface area contributed by atoms with E-state index in [1.165, 1.54) is 31.0 Å². The van der Waals surface area contributed by atoms with E-state index in [1.54, 1.807) is 14.0 Å². The Morgan fingerprint density at radius 3 is 2.55 bits per heavy atom. The molecule has 2 aromatic rings. The first-order chi connectivity index (χ1) is 14.1. The van der Waals surface area contributed by atoms with E-state index in [0.717, 1.165) is 30.0 Å². The summed E-state index contributed by atoms with van der Waals surface area (Å²) in [6.07, 6.45) is 5.73. The molecule has 0 unspecified atom stereocenters. The number of benzene rings is 1. The second kappa shape index (κ2) is 10.3. The molecule has 0 aliphatic heterocycles. The normalized spacial score (nSPS) is 14.4. The molecule has 156 valence electrons. The molecular weight excluding hydrogens is 390 g/mol. The lowest BCUT2D eigenvalue weighted by molar-refractivity contribution is -0.117. The Bertz CT molecular complexity index is 831. The maximum atomic E-state index is 12.1. The van der Waals surface area contributed by atoms with Gasteiger partial charge in [-0.3, -0.25) is 14.7 Å². The van der Waals surface area contributed by atoms with Crippen molar-refractivity contribution in [3.8, 4) is 17.1 Å². The van der Waals surface area contributed by atoms with Crippen LogP contribution in [0.25, 0.3) is 11.4 Å². The summed E-state index contributed by atoms with van der Waals surface area (Å²) in [5.74, 6) is 1.33. The van der Waals surface area contributed by atoms with Gasteiger partial charge < -0.3 is 10.1 Å². The van der Waals surface area contributed by atoms with E-state index in [1.807, 2.05) is 24.3 Å². The number of thioether (sulfide) groups is 1. The number of nitrogens with zero attached hydrogens (tertiary/aromatic N) is 3. The topological polar surface area (TPSA) is 98.1 Å². The zero-order valence-electron chi connectivity index (χ0n) is 16.8. The molecular formula is C20H27N5O3S. The second-order valence-electron chi connectivity index (χ2n) is 6.89. The molecule has 1 heterocycles. The Balaban J connectivity index is 1.80. The lowest BCUT2D eigenvalue weighted by atomic mass is 9.95. The molecule has 8 nitrogen and oxygen atoms in total. The zero-order chi connectivity index (χ0) is 20.6. The van der Waals surface area contributed by atoms with Gasteiger partial charge >= 0.3 is 6.03 Å². The smallest absolute Gasteiger partial charge is 0.321 e. The number of nitrogens with one attached hydrogen (secondary N) is 2. The van der Waals surface area contributed by atoms with Crippen LogP contribution in [0.4, 0.5) is 4.79 Å². The van der Waals surface area contributed by atoms with E-state index in [4.69, 9.17) is 4.74 Å². The van der Waals surface area contributed by atoms with Crippen LogP contribution < -0.4 is 15.4 Å². The molecule has 29 heavy (non-hydrogen) atoms. The molecule has 1 aliphatic rings. The minimum Gasteiger partial charge on any atom is -0.497 e. The molecule has 0 atom stereocenters. The predicted octanol–water partition coefficient (Wildman–Crippen LogP) is 3.40. The first-order valence-electron chi connectivity index (χ1n) is 9.92. The number of hydrogen-bond donors (Lipinski definition) is 2. The van der Waals surface area contributed by atoms with Crippen molar-refractivity contribution in [2.24, 2.45) is 0 Å². The van der Waals surface area contributed by atoms with Gasteiger partial charge in [-0.05, 0) is 44.0 Å². The SMILES string of the molecule is CCNC(=O)NC(=O)CSc1nnc(-c2ccc(OC)cc2)n1C1CCCCC1. The van der Waals surface area contributed by atoms with Gasteiger partial charge in [-0.2, -0.15) is 0 Å². The van der Waals surface area contributed by atoms with Crippen LogP contribution in [0, 0.1) is 0 Å². The molecule has 1 fully saturated rings. The standard InChI is InChI=1S/C20H27N5O3S/c1-3-21-19(27)22-17(26)13-29-20-24-23-18(14-9-11-16(28-2)12-10-14)25(20)15-7-5-4-6-8-15/h9-12,15H,3-8,13H2,1-2H3,(H2,21,22,26,27). The Morgan fingerprint density at radius 2 is 1.90 bits per heavy atom. The van der Waals surface area contributed by atoms with Gasteiger partial charge in [-0.15, -0.1) is 10.2 Å². The van der Waals surface area contributed by atoms with E-state index in [9.17, 15) is 9.59 Å². The summed E-state index contributed by atoms with van der Waals surface area (Å²) >= 11 is 1.30. The fourth-order valence-electron chi connectivity index (χ4n) is 3.48. The number of rotatable bonds is 7. The average molecular weight is 418 g/mol. The first-order valence-corrected chi connectivity index (χ1v) is 10.9. The van der Waals surface area contributed by atoms with Crippen LogP contribution in [-0.4, -0.2) is 46.1 Å². The quantitative estimate of drug-likeness (QED) is 0.670. The van der Waals surface area contributed by atoms with Gasteiger partial charge in [0.2, 0.25) is 5.91 Å². The van der Waals surface area contributed by atoms with Gasteiger partial charge in [-0.1, -0.05) is 31.0 Å². The van der Waals surface area contributed by atoms with Gasteiger partial charge in [0.05, 0.1) is 12.9 Å². The highest BCUT2D eigenvalue weighted by molar-refractivity contribution is 7.99. The number of imide groups is 1. The minimum absolute atomic E-state index is 0.102. The van der Waals surface area contributed by atoms with Crippen molar-refractivity contribution in [3.05, 3.63) is 24.3 Å². The lowest BCUT2D eigenvalue weighted by Gasteiger charge is -2.25. The maximum Gasteiger partial charge on any atom is 0.321 e. The molecule has 1 aromatic carbocycles. The first kappa shape index (κ1) is 21.2. The van der Waals surface area contributed by atoms with Crippen LogP contribution in [0.1, 0.15) is 45.1 Å². The van der Waals surface area contributed by atoms with Crippen LogP contribution >= 0.6 is 11.8 Å². The number of hydrogen-bond acceptors (Lipinski definition) is 6. The Morgan fingerprint density at radius 1 is 1.17 bits per heavy atom. The Labute approximate surface area is 174 Å². The fourth-order valence-corrected chi connectivity index (χ4v) is 4.28. The monoisotopic (exact) mass is 417 g/mol. The van der Waals surface area contributed by atoms with E-state index < -0.39 is 6.03 Å². The number of aromatic nitrogens is 3. The van der Waals surface area contributed by atoms with Crippen molar-refractivity contribution in [3.63, 3.8) is 0 Å². The van der Waals surface area contributed by atoms with Crippen LogP contribution in [0.5, 0.6) is 5.75 Å². The number of carbonyl (C=O) groups excluding carboxylic acids is 2. The predicted molar refractivity (Wildman–Crippen MR) is 112 cm³/mol. The summed E-state index contributed by atoms with van der Waals surface area (Å²) in [5.41, 5.74) is 0.961. The van der Waals surface area contributed by atoms with Gasteiger partial charge in [0.15, 0.2) is 11.0 Å². The minimum atomic E-state index is -0.481. The van der Waals surface area contributed by atoms with Gasteiger partial charge in [0.25, 0.3) is 0 Å². The van der Waals surface area contributed by atoms with Crippen molar-refractivity contribution < 1.29 is 14.3 Å². The molecule has 0 bridgehead atoms. The van der Waals surface area contributed by atoms with Gasteiger partial charge in [0.1, 0.15) is 5.75 Å². The molecule has 3 rings (SSSR count). The van der Waals surface area contributed by atoms with E-state index >= 15 is 0 Å². The number of urea groups is 1. The largest absolute Gasteiger partial charge is 0.497 e. The van der Waals surface area contributed by atoms with Crippen molar-refractivity contribution >= 4 is 23.7 Å². The molecule has 1 aromatic heterocycles.